The second-order valence-corrected chi connectivity index (χ2v) is 2.74. The van der Waals surface area contributed by atoms with Crippen LogP contribution in [0.4, 0.5) is 4.79 Å². The number of carbonyl (C=O) groups is 3. The molecule has 1 radical (unpaired) electrons. The molecule has 1 rings (SSSR count). The van der Waals surface area contributed by atoms with E-state index in [0.29, 0.717) is 4.90 Å². The van der Waals surface area contributed by atoms with E-state index in [9.17, 15) is 14.4 Å². The molecule has 0 atom stereocenters. The summed E-state index contributed by atoms with van der Waals surface area (Å²) in [6, 6.07) is -1.00. The zero-order valence-corrected chi connectivity index (χ0v) is 6.45. The molecule has 1 fully saturated rings. The lowest BCUT2D eigenvalue weighted by Crippen LogP contribution is -2.48. The molecule has 1 aliphatic rings. The molecule has 0 spiro atoms. The molecule has 5 heteroatoms. The highest BCUT2D eigenvalue weighted by atomic mass is 16.2. The summed E-state index contributed by atoms with van der Waals surface area (Å²) in [5.74, 6) is -1.35. The fourth-order valence-electron chi connectivity index (χ4n) is 1.13. The molecule has 1 aliphatic heterocycles. The van der Waals surface area contributed by atoms with Gasteiger partial charge in [-0.1, -0.05) is 0 Å². The maximum atomic E-state index is 11.0. The predicted octanol–water partition coefficient (Wildman–Crippen LogP) is -0.336. The quantitative estimate of drug-likeness (QED) is 0.504. The van der Waals surface area contributed by atoms with Crippen molar-refractivity contribution in [1.29, 1.82) is 0 Å². The topological polar surface area (TPSA) is 80.5 Å². The number of hydrogen-bond acceptors (Lipinski definition) is 3. The first-order valence-corrected chi connectivity index (χ1v) is 3.50. The van der Waals surface area contributed by atoms with Crippen LogP contribution in [0.3, 0.4) is 0 Å². The Bertz CT molecular complexity index is 231. The van der Waals surface area contributed by atoms with Crippen molar-refractivity contribution in [1.82, 2.24) is 4.90 Å². The lowest BCUT2D eigenvalue weighted by atomic mass is 9.98. The Labute approximate surface area is 69.5 Å². The Morgan fingerprint density at radius 1 is 1.42 bits per heavy atom. The van der Waals surface area contributed by atoms with Crippen molar-refractivity contribution in [2.45, 2.75) is 12.8 Å². The smallest absolute Gasteiger partial charge is 0.328 e. The van der Waals surface area contributed by atoms with Crippen LogP contribution in [0.1, 0.15) is 12.8 Å². The van der Waals surface area contributed by atoms with Crippen molar-refractivity contribution < 1.29 is 14.4 Å². The van der Waals surface area contributed by atoms with E-state index in [4.69, 9.17) is 5.73 Å². The van der Waals surface area contributed by atoms with Gasteiger partial charge in [-0.15, -0.1) is 0 Å². The molecular weight excluding hydrogens is 160 g/mol. The average molecular weight is 169 g/mol. The van der Waals surface area contributed by atoms with E-state index in [1.807, 2.05) is 0 Å². The fraction of sp³-hybridized carbons (Fsp3) is 0.429. The molecule has 65 valence electrons. The van der Waals surface area contributed by atoms with Gasteiger partial charge in [-0.05, 0) is 12.8 Å². The summed E-state index contributed by atoms with van der Waals surface area (Å²) >= 11 is 0. The highest BCUT2D eigenvalue weighted by Crippen LogP contribution is 2.17. The Morgan fingerprint density at radius 3 is 2.17 bits per heavy atom. The van der Waals surface area contributed by atoms with Crippen LogP contribution in [0.25, 0.3) is 0 Å². The maximum absolute atomic E-state index is 11.0. The second kappa shape index (κ2) is 2.92. The third-order valence-corrected chi connectivity index (χ3v) is 1.65. The molecule has 0 aromatic heterocycles. The summed E-state index contributed by atoms with van der Waals surface area (Å²) in [5.41, 5.74) is 4.82. The van der Waals surface area contributed by atoms with E-state index in [-0.39, 0.29) is 18.8 Å². The normalized spacial score (nSPS) is 19.9. The minimum absolute atomic E-state index is 0.106. The minimum Gasteiger partial charge on any atom is -0.351 e. The van der Waals surface area contributed by atoms with Gasteiger partial charge in [0, 0.05) is 12.8 Å². The number of hydrogen-bond donors (Lipinski definition) is 1. The Morgan fingerprint density at radius 2 is 1.83 bits per heavy atom. The van der Waals surface area contributed by atoms with Crippen LogP contribution in [0.15, 0.2) is 0 Å². The highest BCUT2D eigenvalue weighted by Gasteiger charge is 2.33. The first-order valence-electron chi connectivity index (χ1n) is 3.50. The van der Waals surface area contributed by atoms with E-state index >= 15 is 0 Å². The summed E-state index contributed by atoms with van der Waals surface area (Å²) in [6.07, 6.45) is 0.212. The van der Waals surface area contributed by atoms with Crippen molar-refractivity contribution in [3.63, 3.8) is 0 Å². The third kappa shape index (κ3) is 1.44. The highest BCUT2D eigenvalue weighted by molar-refractivity contribution is 6.11. The lowest BCUT2D eigenvalue weighted by Gasteiger charge is -2.24. The second-order valence-electron chi connectivity index (χ2n) is 2.74. The van der Waals surface area contributed by atoms with E-state index in [1.54, 1.807) is 0 Å². The number of nitrogens with zero attached hydrogens (tertiary/aromatic N) is 1. The van der Waals surface area contributed by atoms with Crippen LogP contribution in [-0.2, 0) is 9.59 Å². The summed E-state index contributed by atoms with van der Waals surface area (Å²) in [6.45, 7) is 3.57. The number of imide groups is 3. The molecular formula is C7H9N2O3. The minimum atomic E-state index is -1.00. The Kier molecular flexibility index (Phi) is 2.12. The molecule has 0 aromatic rings. The lowest BCUT2D eigenvalue weighted by molar-refractivity contribution is -0.144. The monoisotopic (exact) mass is 169 g/mol. The summed E-state index contributed by atoms with van der Waals surface area (Å²) in [4.78, 5) is 33.1. The van der Waals surface area contributed by atoms with Crippen LogP contribution >= 0.6 is 0 Å². The fourth-order valence-corrected chi connectivity index (χ4v) is 1.13. The van der Waals surface area contributed by atoms with Gasteiger partial charge in [0.05, 0.1) is 0 Å². The molecule has 5 nitrogen and oxygen atoms in total. The van der Waals surface area contributed by atoms with Crippen LogP contribution < -0.4 is 5.73 Å². The zero-order chi connectivity index (χ0) is 9.30. The summed E-state index contributed by atoms with van der Waals surface area (Å²) < 4.78 is 0. The van der Waals surface area contributed by atoms with E-state index < -0.39 is 17.8 Å². The van der Waals surface area contributed by atoms with E-state index in [1.165, 1.54) is 0 Å². The molecule has 0 aliphatic carbocycles. The van der Waals surface area contributed by atoms with Crippen molar-refractivity contribution >= 4 is 17.8 Å². The van der Waals surface area contributed by atoms with Gasteiger partial charge in [0.2, 0.25) is 11.8 Å². The van der Waals surface area contributed by atoms with Crippen LogP contribution in [-0.4, -0.2) is 22.7 Å². The number of primary amides is 1. The number of amides is 4. The van der Waals surface area contributed by atoms with Crippen molar-refractivity contribution in [2.24, 2.45) is 11.7 Å². The van der Waals surface area contributed by atoms with Crippen LogP contribution in [0.5, 0.6) is 0 Å². The number of urea groups is 1. The standard InChI is InChI=1S/C7H9N2O3/c1-4-2-5(10)9(7(8)12)6(11)3-4/h4H,1-3H2,(H2,8,12). The molecule has 1 saturated heterocycles. The number of piperidine rings is 1. The van der Waals surface area contributed by atoms with E-state index in [2.05, 4.69) is 6.92 Å². The molecule has 4 amide bonds. The molecule has 0 bridgehead atoms. The first-order chi connectivity index (χ1) is 5.52. The largest absolute Gasteiger partial charge is 0.351 e. The van der Waals surface area contributed by atoms with Crippen molar-refractivity contribution in [3.05, 3.63) is 6.92 Å². The summed E-state index contributed by atoms with van der Waals surface area (Å²) in [5, 5.41) is 0. The van der Waals surface area contributed by atoms with Gasteiger partial charge in [-0.2, -0.15) is 0 Å². The number of nitrogens with two attached hydrogens (primary N) is 1. The van der Waals surface area contributed by atoms with Gasteiger partial charge < -0.3 is 5.73 Å². The average Bonchev–Trinajstić information content (AvgIpc) is 1.82. The van der Waals surface area contributed by atoms with Gasteiger partial charge in [0.25, 0.3) is 0 Å². The maximum Gasteiger partial charge on any atom is 0.328 e. The first kappa shape index (κ1) is 8.70. The van der Waals surface area contributed by atoms with Crippen molar-refractivity contribution in [3.8, 4) is 0 Å². The molecule has 2 N–H and O–H groups in total. The summed E-state index contributed by atoms with van der Waals surface area (Å²) in [7, 11) is 0. The van der Waals surface area contributed by atoms with Crippen LogP contribution in [0.2, 0.25) is 0 Å². The van der Waals surface area contributed by atoms with Gasteiger partial charge in [-0.25, -0.2) is 9.69 Å². The molecule has 12 heavy (non-hydrogen) atoms. The van der Waals surface area contributed by atoms with Gasteiger partial charge in [-0.3, -0.25) is 9.59 Å². The van der Waals surface area contributed by atoms with E-state index in [0.717, 1.165) is 0 Å². The Balaban J connectivity index is 2.81. The molecule has 1 heterocycles. The third-order valence-electron chi connectivity index (χ3n) is 1.65. The number of carbonyl (C=O) groups excluding carboxylic acids is 3. The van der Waals surface area contributed by atoms with Crippen molar-refractivity contribution in [2.75, 3.05) is 0 Å². The zero-order valence-electron chi connectivity index (χ0n) is 6.45. The molecule has 0 saturated carbocycles. The number of rotatable bonds is 0. The predicted molar refractivity (Wildman–Crippen MR) is 39.5 cm³/mol. The van der Waals surface area contributed by atoms with Gasteiger partial charge >= 0.3 is 6.03 Å². The molecule has 0 unspecified atom stereocenters. The number of likely N-dealkylation sites (tertiary alicyclic amines) is 1. The van der Waals surface area contributed by atoms with Gasteiger partial charge in [0.15, 0.2) is 0 Å². The molecule has 0 aromatic carbocycles. The Hall–Kier alpha value is -1.39. The van der Waals surface area contributed by atoms with Gasteiger partial charge in [0.1, 0.15) is 0 Å². The van der Waals surface area contributed by atoms with Crippen LogP contribution in [0, 0.1) is 12.8 Å². The SMILES string of the molecule is [CH2]C1CC(=O)N(C(N)=O)C(=O)C1.